The third kappa shape index (κ3) is 2.61. The van der Waals surface area contributed by atoms with Gasteiger partial charge in [0.1, 0.15) is 5.69 Å². The summed E-state index contributed by atoms with van der Waals surface area (Å²) in [6.45, 7) is 0.985. The molecule has 1 fully saturated rings. The number of hydrogen-bond acceptors (Lipinski definition) is 3. The number of rotatable bonds is 2. The van der Waals surface area contributed by atoms with E-state index in [2.05, 4.69) is 4.98 Å². The highest BCUT2D eigenvalue weighted by Crippen LogP contribution is 2.18. The summed E-state index contributed by atoms with van der Waals surface area (Å²) in [6.07, 6.45) is 2.62. The van der Waals surface area contributed by atoms with E-state index in [1.165, 1.54) is 0 Å². The van der Waals surface area contributed by atoms with E-state index in [0.29, 0.717) is 31.6 Å². The number of carboxylic acid groups (broad SMARTS) is 1. The third-order valence-electron chi connectivity index (χ3n) is 3.02. The summed E-state index contributed by atoms with van der Waals surface area (Å²) in [6, 6.07) is 5.20. The summed E-state index contributed by atoms with van der Waals surface area (Å²) in [5, 5.41) is 8.86. The molecule has 0 spiro atoms. The maximum Gasteiger partial charge on any atom is 0.306 e. The number of nitrogens with zero attached hydrogens (tertiary/aromatic N) is 2. The van der Waals surface area contributed by atoms with E-state index in [-0.39, 0.29) is 11.8 Å². The smallest absolute Gasteiger partial charge is 0.306 e. The number of aliphatic carboxylic acids is 1. The predicted molar refractivity (Wildman–Crippen MR) is 60.5 cm³/mol. The molecule has 0 saturated carbocycles. The van der Waals surface area contributed by atoms with Gasteiger partial charge in [-0.3, -0.25) is 14.6 Å². The Kier molecular flexibility index (Phi) is 3.37. The average molecular weight is 234 g/mol. The molecule has 1 saturated heterocycles. The van der Waals surface area contributed by atoms with Crippen LogP contribution in [0, 0.1) is 5.92 Å². The first-order chi connectivity index (χ1) is 8.18. The van der Waals surface area contributed by atoms with Crippen molar-refractivity contribution in [1.29, 1.82) is 0 Å². The van der Waals surface area contributed by atoms with Crippen LogP contribution in [0.5, 0.6) is 0 Å². The minimum absolute atomic E-state index is 0.116. The lowest BCUT2D eigenvalue weighted by Gasteiger charge is -2.29. The van der Waals surface area contributed by atoms with E-state index >= 15 is 0 Å². The van der Waals surface area contributed by atoms with Gasteiger partial charge in [0, 0.05) is 19.3 Å². The maximum atomic E-state index is 12.0. The maximum absolute atomic E-state index is 12.0. The zero-order valence-electron chi connectivity index (χ0n) is 9.37. The third-order valence-corrected chi connectivity index (χ3v) is 3.02. The van der Waals surface area contributed by atoms with Crippen molar-refractivity contribution in [2.45, 2.75) is 12.8 Å². The molecular weight excluding hydrogens is 220 g/mol. The van der Waals surface area contributed by atoms with Gasteiger partial charge in [-0.25, -0.2) is 0 Å². The number of carbonyl (C=O) groups excluding carboxylic acids is 1. The Hall–Kier alpha value is -1.91. The lowest BCUT2D eigenvalue weighted by atomic mass is 9.97. The Morgan fingerprint density at radius 2 is 2.00 bits per heavy atom. The van der Waals surface area contributed by atoms with Gasteiger partial charge in [-0.05, 0) is 25.0 Å². The average Bonchev–Trinajstić information content (AvgIpc) is 2.39. The highest BCUT2D eigenvalue weighted by molar-refractivity contribution is 5.92. The Balaban J connectivity index is 1.98. The number of pyridine rings is 1. The van der Waals surface area contributed by atoms with Gasteiger partial charge in [0.2, 0.25) is 0 Å². The SMILES string of the molecule is O=C(O)C1CCN(C(=O)c2ccccn2)CC1. The van der Waals surface area contributed by atoms with E-state index in [9.17, 15) is 9.59 Å². The molecular formula is C12H14N2O3. The Morgan fingerprint density at radius 1 is 1.29 bits per heavy atom. The first-order valence-electron chi connectivity index (χ1n) is 5.61. The largest absolute Gasteiger partial charge is 0.481 e. The van der Waals surface area contributed by atoms with E-state index < -0.39 is 5.97 Å². The molecule has 5 nitrogen and oxygen atoms in total. The molecule has 17 heavy (non-hydrogen) atoms. The van der Waals surface area contributed by atoms with E-state index in [4.69, 9.17) is 5.11 Å². The van der Waals surface area contributed by atoms with Crippen LogP contribution in [0.3, 0.4) is 0 Å². The molecule has 2 rings (SSSR count). The van der Waals surface area contributed by atoms with Crippen molar-refractivity contribution in [3.05, 3.63) is 30.1 Å². The molecule has 1 aliphatic heterocycles. The molecule has 0 bridgehead atoms. The van der Waals surface area contributed by atoms with Crippen molar-refractivity contribution in [2.75, 3.05) is 13.1 Å². The number of piperidine rings is 1. The summed E-state index contributed by atoms with van der Waals surface area (Å²) < 4.78 is 0. The van der Waals surface area contributed by atoms with Crippen molar-refractivity contribution in [2.24, 2.45) is 5.92 Å². The number of aromatic nitrogens is 1. The number of likely N-dealkylation sites (tertiary alicyclic amines) is 1. The van der Waals surface area contributed by atoms with Crippen LogP contribution in [0.1, 0.15) is 23.3 Å². The summed E-state index contributed by atoms with van der Waals surface area (Å²) >= 11 is 0. The molecule has 1 aromatic heterocycles. The van der Waals surface area contributed by atoms with Gasteiger partial charge in [0.05, 0.1) is 5.92 Å². The summed E-state index contributed by atoms with van der Waals surface area (Å²) in [5.41, 5.74) is 0.418. The van der Waals surface area contributed by atoms with Crippen LogP contribution < -0.4 is 0 Å². The first kappa shape index (κ1) is 11.6. The van der Waals surface area contributed by atoms with Crippen LogP contribution >= 0.6 is 0 Å². The fourth-order valence-corrected chi connectivity index (χ4v) is 1.98. The summed E-state index contributed by atoms with van der Waals surface area (Å²) in [7, 11) is 0. The van der Waals surface area contributed by atoms with Gasteiger partial charge in [-0.1, -0.05) is 6.07 Å². The molecule has 0 atom stereocenters. The molecule has 1 aliphatic rings. The fourth-order valence-electron chi connectivity index (χ4n) is 1.98. The molecule has 1 aromatic rings. The van der Waals surface area contributed by atoms with Crippen molar-refractivity contribution >= 4 is 11.9 Å². The fraction of sp³-hybridized carbons (Fsp3) is 0.417. The highest BCUT2D eigenvalue weighted by atomic mass is 16.4. The van der Waals surface area contributed by atoms with Gasteiger partial charge >= 0.3 is 5.97 Å². The number of carboxylic acids is 1. The number of amides is 1. The molecule has 0 unspecified atom stereocenters. The topological polar surface area (TPSA) is 70.5 Å². The highest BCUT2D eigenvalue weighted by Gasteiger charge is 2.27. The molecule has 1 N–H and O–H groups in total. The van der Waals surface area contributed by atoms with E-state index in [0.717, 1.165) is 0 Å². The monoisotopic (exact) mass is 234 g/mol. The standard InChI is InChI=1S/C12H14N2O3/c15-11(10-3-1-2-6-13-10)14-7-4-9(5-8-14)12(16)17/h1-3,6,9H,4-5,7-8H2,(H,16,17). The molecule has 0 aromatic carbocycles. The number of carbonyl (C=O) groups is 2. The van der Waals surface area contributed by atoms with Gasteiger partial charge in [0.25, 0.3) is 5.91 Å². The lowest BCUT2D eigenvalue weighted by molar-refractivity contribution is -0.143. The van der Waals surface area contributed by atoms with E-state index in [1.54, 1.807) is 29.3 Å². The predicted octanol–water partition coefficient (Wildman–Crippen LogP) is 1.02. The van der Waals surface area contributed by atoms with Gasteiger partial charge in [-0.2, -0.15) is 0 Å². The van der Waals surface area contributed by atoms with Crippen molar-refractivity contribution in [3.8, 4) is 0 Å². The molecule has 0 aliphatic carbocycles. The second-order valence-corrected chi connectivity index (χ2v) is 4.12. The zero-order valence-corrected chi connectivity index (χ0v) is 9.37. The Morgan fingerprint density at radius 3 is 2.53 bits per heavy atom. The minimum atomic E-state index is -0.769. The van der Waals surface area contributed by atoms with Gasteiger partial charge in [0.15, 0.2) is 0 Å². The molecule has 2 heterocycles. The zero-order chi connectivity index (χ0) is 12.3. The molecule has 0 radical (unpaired) electrons. The quantitative estimate of drug-likeness (QED) is 0.829. The lowest BCUT2D eigenvalue weighted by Crippen LogP contribution is -2.40. The van der Waals surface area contributed by atoms with E-state index in [1.807, 2.05) is 0 Å². The second kappa shape index (κ2) is 4.95. The van der Waals surface area contributed by atoms with Crippen LogP contribution in [-0.2, 0) is 4.79 Å². The van der Waals surface area contributed by atoms with Crippen LogP contribution in [0.4, 0.5) is 0 Å². The molecule has 1 amide bonds. The minimum Gasteiger partial charge on any atom is -0.481 e. The van der Waals surface area contributed by atoms with Gasteiger partial charge in [-0.15, -0.1) is 0 Å². The summed E-state index contributed by atoms with van der Waals surface area (Å²) in [5.74, 6) is -1.20. The van der Waals surface area contributed by atoms with Crippen LogP contribution in [0.2, 0.25) is 0 Å². The Bertz CT molecular complexity index is 411. The van der Waals surface area contributed by atoms with Crippen molar-refractivity contribution in [3.63, 3.8) is 0 Å². The normalized spacial score (nSPS) is 16.8. The summed E-state index contributed by atoms with van der Waals surface area (Å²) in [4.78, 5) is 28.4. The van der Waals surface area contributed by atoms with Gasteiger partial charge < -0.3 is 10.0 Å². The second-order valence-electron chi connectivity index (χ2n) is 4.12. The first-order valence-corrected chi connectivity index (χ1v) is 5.61. The molecule has 5 heteroatoms. The molecule has 90 valence electrons. The van der Waals surface area contributed by atoms with Crippen molar-refractivity contribution in [1.82, 2.24) is 9.88 Å². The Labute approximate surface area is 99.1 Å². The number of hydrogen-bond donors (Lipinski definition) is 1. The van der Waals surface area contributed by atoms with Crippen LogP contribution in [0.25, 0.3) is 0 Å². The van der Waals surface area contributed by atoms with Crippen LogP contribution in [-0.4, -0.2) is 40.0 Å². The van der Waals surface area contributed by atoms with Crippen molar-refractivity contribution < 1.29 is 14.7 Å². The van der Waals surface area contributed by atoms with Crippen LogP contribution in [0.15, 0.2) is 24.4 Å².